The molecule has 0 spiro atoms. The van der Waals surface area contributed by atoms with E-state index in [-0.39, 0.29) is 23.9 Å². The fraction of sp³-hybridized carbons (Fsp3) is 0.308. The van der Waals surface area contributed by atoms with Crippen LogP contribution < -0.4 is 20.6 Å². The molecule has 15 heteroatoms. The van der Waals surface area contributed by atoms with Gasteiger partial charge < -0.3 is 15.2 Å². The first kappa shape index (κ1) is 28.5. The Hall–Kier alpha value is -4.01. The molecule has 0 aliphatic carbocycles. The lowest BCUT2D eigenvalue weighted by Crippen LogP contribution is -2.26. The van der Waals surface area contributed by atoms with E-state index in [4.69, 9.17) is 31.4 Å². The minimum atomic E-state index is -0.559. The molecule has 13 nitrogen and oxygen atoms in total. The van der Waals surface area contributed by atoms with Crippen molar-refractivity contribution >= 4 is 45.5 Å². The van der Waals surface area contributed by atoms with Crippen LogP contribution in [0, 0.1) is 0 Å². The standard InChI is InChI=1S/C26H27BrClN9O4/c1-2-39-22-12-17(40-15-16-7-3-4-8-20(16)28)11-19(27)18(22)13-30-32-26(38)23-21(14-36-9-5-6-10-36)31-35-37(23)25-24(29)33-41-34-25/h3-4,7-8,11-13H,2,5-6,9-10,14-15H2,1H3,(H2,29,33)(H,32,38)/b30-13+. The maximum Gasteiger partial charge on any atom is 0.292 e. The second kappa shape index (κ2) is 13.1. The van der Waals surface area contributed by atoms with Crippen molar-refractivity contribution in [1.82, 2.24) is 35.6 Å². The molecule has 1 fully saturated rings. The summed E-state index contributed by atoms with van der Waals surface area (Å²) in [6, 6.07) is 11.0. The molecule has 4 aromatic rings. The average molecular weight is 645 g/mol. The Labute approximate surface area is 248 Å². The van der Waals surface area contributed by atoms with Gasteiger partial charge in [-0.2, -0.15) is 9.78 Å². The summed E-state index contributed by atoms with van der Waals surface area (Å²) in [6.07, 6.45) is 3.65. The number of amides is 1. The monoisotopic (exact) mass is 643 g/mol. The molecule has 0 bridgehead atoms. The quantitative estimate of drug-likeness (QED) is 0.181. The highest BCUT2D eigenvalue weighted by Crippen LogP contribution is 2.32. The third-order valence-corrected chi connectivity index (χ3v) is 7.33. The second-order valence-electron chi connectivity index (χ2n) is 9.08. The van der Waals surface area contributed by atoms with Gasteiger partial charge in [-0.25, -0.2) is 10.1 Å². The molecule has 0 radical (unpaired) electrons. The molecule has 0 atom stereocenters. The Kier molecular flexibility index (Phi) is 9.11. The van der Waals surface area contributed by atoms with Gasteiger partial charge in [0.25, 0.3) is 5.91 Å². The molecular formula is C26H27BrClN9O4. The Morgan fingerprint density at radius 3 is 2.78 bits per heavy atom. The number of aromatic nitrogens is 5. The molecule has 0 saturated carbocycles. The molecule has 1 aliphatic rings. The van der Waals surface area contributed by atoms with Crippen LogP contribution in [0.15, 0.2) is 50.6 Å². The lowest BCUT2D eigenvalue weighted by molar-refractivity contribution is 0.0945. The van der Waals surface area contributed by atoms with Crippen LogP contribution in [-0.2, 0) is 13.2 Å². The summed E-state index contributed by atoms with van der Waals surface area (Å²) >= 11 is 9.81. The summed E-state index contributed by atoms with van der Waals surface area (Å²) in [6.45, 7) is 4.82. The van der Waals surface area contributed by atoms with Gasteiger partial charge in [-0.15, -0.1) is 5.10 Å². The Morgan fingerprint density at radius 2 is 2.05 bits per heavy atom. The number of anilines is 1. The molecule has 1 amide bonds. The third kappa shape index (κ3) is 6.66. The normalized spacial score (nSPS) is 13.6. The predicted molar refractivity (Wildman–Crippen MR) is 154 cm³/mol. The molecule has 1 aliphatic heterocycles. The SMILES string of the molecule is CCOc1cc(OCc2ccccc2Cl)cc(Br)c1/C=N/NC(=O)c1c(CN2CCCC2)nnn1-c1nonc1N. The molecule has 3 heterocycles. The minimum Gasteiger partial charge on any atom is -0.493 e. The maximum atomic E-state index is 13.4. The number of hydrogen-bond donors (Lipinski definition) is 2. The number of hydrogen-bond acceptors (Lipinski definition) is 11. The van der Waals surface area contributed by atoms with Crippen LogP contribution in [0.2, 0.25) is 5.02 Å². The fourth-order valence-corrected chi connectivity index (χ4v) is 5.04. The van der Waals surface area contributed by atoms with Gasteiger partial charge in [0.05, 0.1) is 18.4 Å². The van der Waals surface area contributed by atoms with Gasteiger partial charge >= 0.3 is 0 Å². The number of carbonyl (C=O) groups is 1. The van der Waals surface area contributed by atoms with Crippen molar-refractivity contribution in [3.8, 4) is 17.3 Å². The molecule has 1 saturated heterocycles. The zero-order valence-corrected chi connectivity index (χ0v) is 24.4. The van der Waals surface area contributed by atoms with E-state index in [1.165, 1.54) is 10.9 Å². The van der Waals surface area contributed by atoms with Gasteiger partial charge in [0, 0.05) is 27.7 Å². The Morgan fingerprint density at radius 1 is 1.24 bits per heavy atom. The summed E-state index contributed by atoms with van der Waals surface area (Å²) in [5.74, 6) is 0.561. The largest absolute Gasteiger partial charge is 0.493 e. The van der Waals surface area contributed by atoms with E-state index in [0.717, 1.165) is 31.5 Å². The number of likely N-dealkylation sites (tertiary alicyclic amines) is 1. The molecule has 5 rings (SSSR count). The van der Waals surface area contributed by atoms with Crippen LogP contribution in [-0.4, -0.2) is 62.0 Å². The Balaban J connectivity index is 1.35. The van der Waals surface area contributed by atoms with Crippen LogP contribution in [0.4, 0.5) is 5.82 Å². The van der Waals surface area contributed by atoms with Crippen molar-refractivity contribution in [3.05, 3.63) is 68.4 Å². The summed E-state index contributed by atoms with van der Waals surface area (Å²) in [5, 5.41) is 20.5. The van der Waals surface area contributed by atoms with E-state index < -0.39 is 5.91 Å². The van der Waals surface area contributed by atoms with Crippen LogP contribution in [0.3, 0.4) is 0 Å². The number of hydrazone groups is 1. The molecule has 214 valence electrons. The zero-order chi connectivity index (χ0) is 28.8. The lowest BCUT2D eigenvalue weighted by Gasteiger charge is -2.14. The van der Waals surface area contributed by atoms with Gasteiger partial charge in [-0.05, 0) is 71.2 Å². The third-order valence-electron chi connectivity index (χ3n) is 6.30. The smallest absolute Gasteiger partial charge is 0.292 e. The number of benzene rings is 2. The van der Waals surface area contributed by atoms with Crippen molar-refractivity contribution in [2.45, 2.75) is 32.9 Å². The number of rotatable bonds is 11. The van der Waals surface area contributed by atoms with Crippen molar-refractivity contribution in [3.63, 3.8) is 0 Å². The number of nitrogens with one attached hydrogen (secondary N) is 1. The number of nitrogen functional groups attached to an aromatic ring is 1. The number of nitrogens with zero attached hydrogens (tertiary/aromatic N) is 7. The van der Waals surface area contributed by atoms with Gasteiger partial charge in [-0.1, -0.05) is 35.0 Å². The zero-order valence-electron chi connectivity index (χ0n) is 22.1. The average Bonchev–Trinajstić information content (AvgIpc) is 3.71. The highest BCUT2D eigenvalue weighted by molar-refractivity contribution is 9.10. The van der Waals surface area contributed by atoms with E-state index in [1.807, 2.05) is 31.2 Å². The summed E-state index contributed by atoms with van der Waals surface area (Å²) in [4.78, 5) is 15.6. The topological polar surface area (TPSA) is 159 Å². The van der Waals surface area contributed by atoms with Crippen molar-refractivity contribution in [2.24, 2.45) is 5.10 Å². The molecule has 0 unspecified atom stereocenters. The van der Waals surface area contributed by atoms with Crippen LogP contribution in [0.25, 0.3) is 5.82 Å². The van der Waals surface area contributed by atoms with Gasteiger partial charge in [0.1, 0.15) is 23.8 Å². The summed E-state index contributed by atoms with van der Waals surface area (Å²) in [7, 11) is 0. The maximum absolute atomic E-state index is 13.4. The van der Waals surface area contributed by atoms with E-state index >= 15 is 0 Å². The summed E-state index contributed by atoms with van der Waals surface area (Å²) in [5.41, 5.74) is 10.5. The highest BCUT2D eigenvalue weighted by Gasteiger charge is 2.27. The van der Waals surface area contributed by atoms with Crippen molar-refractivity contribution < 1.29 is 18.9 Å². The van der Waals surface area contributed by atoms with Gasteiger partial charge in [-0.3, -0.25) is 9.69 Å². The van der Waals surface area contributed by atoms with Gasteiger partial charge in [0.15, 0.2) is 5.69 Å². The molecular weight excluding hydrogens is 618 g/mol. The van der Waals surface area contributed by atoms with E-state index in [2.05, 4.69) is 52.0 Å². The van der Waals surface area contributed by atoms with E-state index in [1.54, 1.807) is 12.1 Å². The first-order valence-corrected chi connectivity index (χ1v) is 14.0. The summed E-state index contributed by atoms with van der Waals surface area (Å²) < 4.78 is 18.3. The number of carbonyl (C=O) groups excluding carboxylic acids is 1. The second-order valence-corrected chi connectivity index (χ2v) is 10.3. The first-order valence-electron chi connectivity index (χ1n) is 12.9. The number of halogens is 2. The first-order chi connectivity index (χ1) is 19.9. The van der Waals surface area contributed by atoms with Gasteiger partial charge in [0.2, 0.25) is 11.6 Å². The van der Waals surface area contributed by atoms with Crippen molar-refractivity contribution in [2.75, 3.05) is 25.4 Å². The molecule has 41 heavy (non-hydrogen) atoms. The number of ether oxygens (including phenoxy) is 2. The highest BCUT2D eigenvalue weighted by atomic mass is 79.9. The van der Waals surface area contributed by atoms with Crippen LogP contribution in [0.5, 0.6) is 11.5 Å². The van der Waals surface area contributed by atoms with Crippen LogP contribution >= 0.6 is 27.5 Å². The lowest BCUT2D eigenvalue weighted by atomic mass is 10.2. The number of nitrogens with two attached hydrogens (primary N) is 1. The minimum absolute atomic E-state index is 0.0256. The van der Waals surface area contributed by atoms with Crippen LogP contribution in [0.1, 0.15) is 47.1 Å². The van der Waals surface area contributed by atoms with E-state index in [0.29, 0.717) is 45.4 Å². The molecule has 2 aromatic heterocycles. The van der Waals surface area contributed by atoms with E-state index in [9.17, 15) is 4.79 Å². The molecule has 2 aromatic carbocycles. The Bertz CT molecular complexity index is 1550. The molecule has 3 N–H and O–H groups in total. The van der Waals surface area contributed by atoms with Crippen molar-refractivity contribution in [1.29, 1.82) is 0 Å². The predicted octanol–water partition coefficient (Wildman–Crippen LogP) is 3.99. The fourth-order valence-electron chi connectivity index (χ4n) is 4.32.